The van der Waals surface area contributed by atoms with Crippen LogP contribution in [-0.2, 0) is 4.79 Å². The van der Waals surface area contributed by atoms with E-state index in [1.54, 1.807) is 0 Å². The first-order chi connectivity index (χ1) is 15.6. The molecule has 0 saturated heterocycles. The molecule has 0 amide bonds. The molecule has 3 aromatic rings. The number of ketones is 1. The van der Waals surface area contributed by atoms with Gasteiger partial charge in [0.1, 0.15) is 5.82 Å². The lowest BCUT2D eigenvalue weighted by atomic mass is 9.75. The van der Waals surface area contributed by atoms with Gasteiger partial charge in [-0.15, -0.1) is 0 Å². The van der Waals surface area contributed by atoms with Crippen LogP contribution in [0.25, 0.3) is 11.1 Å². The molecule has 32 heavy (non-hydrogen) atoms. The molecular weight excluding hydrogens is 398 g/mol. The van der Waals surface area contributed by atoms with Gasteiger partial charge in [0.2, 0.25) is 0 Å². The van der Waals surface area contributed by atoms with E-state index in [2.05, 4.69) is 16.3 Å². The first-order valence-electron chi connectivity index (χ1n) is 10.7. The van der Waals surface area contributed by atoms with E-state index < -0.39 is 5.92 Å². The molecule has 1 aliphatic heterocycles. The molecule has 0 spiro atoms. The fourth-order valence-electron chi connectivity index (χ4n) is 4.84. The predicted octanol–water partition coefficient (Wildman–Crippen LogP) is 4.69. The Morgan fingerprint density at radius 1 is 1.09 bits per heavy atom. The molecule has 0 unspecified atom stereocenters. The number of aryl methyl sites for hydroxylation is 1. The molecule has 1 aromatic heterocycles. The number of Topliss-reactive ketones (excluding diaryl/α,β-unsaturated/α-hetero) is 1. The van der Waals surface area contributed by atoms with Gasteiger partial charge in [0.05, 0.1) is 17.6 Å². The Morgan fingerprint density at radius 3 is 2.47 bits per heavy atom. The highest BCUT2D eigenvalue weighted by Gasteiger charge is 2.41. The first-order valence-corrected chi connectivity index (χ1v) is 10.7. The summed E-state index contributed by atoms with van der Waals surface area (Å²) in [7, 11) is 0. The van der Waals surface area contributed by atoms with Crippen LogP contribution >= 0.6 is 0 Å². The standard InChI is InChI=1S/C26H23N5O/c1-16-22(17-9-4-2-5-10-17)26(30-29-16)31-20-13-8-14-21(32)24(20)23(19(15-27)25(31)28)18-11-6-3-7-12-18/h2-7,9-12,23H,8,13-14,28H2,1H3,(H,29,30)/t23-/m1/s1. The molecule has 6 heteroatoms. The van der Waals surface area contributed by atoms with E-state index in [1.807, 2.05) is 72.5 Å². The van der Waals surface area contributed by atoms with Gasteiger partial charge in [-0.25, -0.2) is 0 Å². The van der Waals surface area contributed by atoms with E-state index >= 15 is 0 Å². The minimum absolute atomic E-state index is 0.0684. The molecule has 0 saturated carbocycles. The molecule has 1 atom stereocenters. The van der Waals surface area contributed by atoms with E-state index in [-0.39, 0.29) is 5.78 Å². The minimum Gasteiger partial charge on any atom is -0.384 e. The van der Waals surface area contributed by atoms with Crippen molar-refractivity contribution in [2.24, 2.45) is 5.73 Å². The van der Waals surface area contributed by atoms with E-state index in [0.717, 1.165) is 34.5 Å². The van der Waals surface area contributed by atoms with Crippen molar-refractivity contribution in [3.05, 3.63) is 94.6 Å². The average Bonchev–Trinajstić information content (AvgIpc) is 3.20. The number of nitrogens with one attached hydrogen (secondary N) is 1. The topological polar surface area (TPSA) is 98.8 Å². The number of hydrogen-bond acceptors (Lipinski definition) is 5. The maximum atomic E-state index is 13.2. The van der Waals surface area contributed by atoms with Crippen LogP contribution in [0.2, 0.25) is 0 Å². The normalized spacial score (nSPS) is 18.6. The van der Waals surface area contributed by atoms with Crippen LogP contribution in [0.15, 0.2) is 83.3 Å². The minimum atomic E-state index is -0.458. The zero-order valence-corrected chi connectivity index (χ0v) is 17.8. The second-order valence-corrected chi connectivity index (χ2v) is 8.14. The third-order valence-corrected chi connectivity index (χ3v) is 6.25. The Kier molecular flexibility index (Phi) is 4.87. The third-order valence-electron chi connectivity index (χ3n) is 6.25. The van der Waals surface area contributed by atoms with Crippen molar-refractivity contribution in [3.63, 3.8) is 0 Å². The molecule has 158 valence electrons. The highest BCUT2D eigenvalue weighted by molar-refractivity contribution is 6.01. The number of aromatic nitrogens is 2. The summed E-state index contributed by atoms with van der Waals surface area (Å²) >= 11 is 0. The molecule has 2 aliphatic rings. The highest BCUT2D eigenvalue weighted by Crippen LogP contribution is 2.47. The summed E-state index contributed by atoms with van der Waals surface area (Å²) in [5.41, 5.74) is 12.3. The third kappa shape index (κ3) is 3.02. The summed E-state index contributed by atoms with van der Waals surface area (Å²) in [6.07, 6.45) is 1.92. The summed E-state index contributed by atoms with van der Waals surface area (Å²) in [6, 6.07) is 21.9. The summed E-state index contributed by atoms with van der Waals surface area (Å²) in [5, 5.41) is 17.8. The van der Waals surface area contributed by atoms with E-state index in [1.165, 1.54) is 0 Å². The number of benzene rings is 2. The van der Waals surface area contributed by atoms with Crippen molar-refractivity contribution in [1.82, 2.24) is 10.2 Å². The zero-order chi connectivity index (χ0) is 22.2. The Hall–Kier alpha value is -4.11. The molecule has 6 nitrogen and oxygen atoms in total. The maximum Gasteiger partial charge on any atom is 0.168 e. The largest absolute Gasteiger partial charge is 0.384 e. The number of carbonyl (C=O) groups is 1. The van der Waals surface area contributed by atoms with Gasteiger partial charge in [-0.1, -0.05) is 60.7 Å². The number of nitrogens with zero attached hydrogens (tertiary/aromatic N) is 3. The monoisotopic (exact) mass is 421 g/mol. The van der Waals surface area contributed by atoms with Crippen LogP contribution < -0.4 is 10.6 Å². The second-order valence-electron chi connectivity index (χ2n) is 8.14. The Balaban J connectivity index is 1.77. The lowest BCUT2D eigenvalue weighted by Crippen LogP contribution is -2.39. The lowest BCUT2D eigenvalue weighted by Gasteiger charge is -2.39. The van der Waals surface area contributed by atoms with Gasteiger partial charge in [0.15, 0.2) is 11.6 Å². The van der Waals surface area contributed by atoms with Gasteiger partial charge < -0.3 is 5.73 Å². The van der Waals surface area contributed by atoms with Gasteiger partial charge in [-0.3, -0.25) is 14.8 Å². The maximum absolute atomic E-state index is 13.2. The van der Waals surface area contributed by atoms with Crippen LogP contribution in [-0.4, -0.2) is 16.0 Å². The SMILES string of the molecule is Cc1[nH]nc(N2C(N)=C(C#N)[C@@H](c3ccccc3)C3=C2CCCC3=O)c1-c1ccccc1. The lowest BCUT2D eigenvalue weighted by molar-refractivity contribution is -0.116. The number of H-pyrrole nitrogens is 1. The summed E-state index contributed by atoms with van der Waals surface area (Å²) in [5.74, 6) is 0.561. The van der Waals surface area contributed by atoms with Crippen molar-refractivity contribution < 1.29 is 4.79 Å². The van der Waals surface area contributed by atoms with Gasteiger partial charge in [-0.2, -0.15) is 10.4 Å². The smallest absolute Gasteiger partial charge is 0.168 e. The summed E-state index contributed by atoms with van der Waals surface area (Å²) in [4.78, 5) is 15.1. The van der Waals surface area contributed by atoms with E-state index in [4.69, 9.17) is 5.73 Å². The zero-order valence-electron chi connectivity index (χ0n) is 17.8. The van der Waals surface area contributed by atoms with Crippen molar-refractivity contribution in [3.8, 4) is 17.2 Å². The van der Waals surface area contributed by atoms with Crippen molar-refractivity contribution in [2.75, 3.05) is 4.90 Å². The van der Waals surface area contributed by atoms with Crippen LogP contribution in [0.4, 0.5) is 5.82 Å². The number of nitriles is 1. The number of allylic oxidation sites excluding steroid dienone is 3. The molecule has 1 aliphatic carbocycles. The number of hydrogen-bond donors (Lipinski definition) is 2. The highest BCUT2D eigenvalue weighted by atomic mass is 16.1. The second kappa shape index (κ2) is 7.86. The fourth-order valence-corrected chi connectivity index (χ4v) is 4.84. The Labute approximate surface area is 186 Å². The van der Waals surface area contributed by atoms with Crippen LogP contribution in [0, 0.1) is 18.3 Å². The number of aromatic amines is 1. The van der Waals surface area contributed by atoms with E-state index in [9.17, 15) is 10.1 Å². The predicted molar refractivity (Wildman–Crippen MR) is 123 cm³/mol. The van der Waals surface area contributed by atoms with Crippen molar-refractivity contribution in [2.45, 2.75) is 32.1 Å². The molecule has 0 bridgehead atoms. The van der Waals surface area contributed by atoms with Crippen LogP contribution in [0.1, 0.15) is 36.4 Å². The first kappa shape index (κ1) is 19.8. The molecule has 2 heterocycles. The van der Waals surface area contributed by atoms with Gasteiger partial charge in [0, 0.05) is 28.9 Å². The Morgan fingerprint density at radius 2 is 1.78 bits per heavy atom. The van der Waals surface area contributed by atoms with Crippen molar-refractivity contribution >= 4 is 11.6 Å². The number of nitrogens with two attached hydrogens (primary N) is 1. The average molecular weight is 422 g/mol. The number of anilines is 1. The van der Waals surface area contributed by atoms with Crippen LogP contribution in [0.3, 0.4) is 0 Å². The summed E-state index contributed by atoms with van der Waals surface area (Å²) in [6.45, 7) is 1.96. The summed E-state index contributed by atoms with van der Waals surface area (Å²) < 4.78 is 0. The fraction of sp³-hybridized carbons (Fsp3) is 0.192. The molecule has 3 N–H and O–H groups in total. The van der Waals surface area contributed by atoms with Crippen molar-refractivity contribution in [1.29, 1.82) is 5.26 Å². The molecule has 0 radical (unpaired) electrons. The molecular formula is C26H23N5O. The number of carbonyl (C=O) groups excluding carboxylic acids is 1. The van der Waals surface area contributed by atoms with Gasteiger partial charge >= 0.3 is 0 Å². The molecule has 0 fully saturated rings. The molecule has 2 aromatic carbocycles. The quantitative estimate of drug-likeness (QED) is 0.639. The van der Waals surface area contributed by atoms with Gasteiger partial charge in [-0.05, 0) is 30.9 Å². The van der Waals surface area contributed by atoms with Gasteiger partial charge in [0.25, 0.3) is 0 Å². The molecule has 5 rings (SSSR count). The van der Waals surface area contributed by atoms with Crippen LogP contribution in [0.5, 0.6) is 0 Å². The number of rotatable bonds is 3. The van der Waals surface area contributed by atoms with E-state index in [0.29, 0.717) is 35.6 Å². The Bertz CT molecular complexity index is 1290.